The number of esters is 1. The zero-order valence-electron chi connectivity index (χ0n) is 20.4. The van der Waals surface area contributed by atoms with Crippen molar-refractivity contribution in [3.8, 4) is 0 Å². The van der Waals surface area contributed by atoms with E-state index in [0.717, 1.165) is 19.3 Å². The maximum absolute atomic E-state index is 11.7. The van der Waals surface area contributed by atoms with Crippen LogP contribution in [0.15, 0.2) is 0 Å². The predicted molar refractivity (Wildman–Crippen MR) is 128 cm³/mol. The number of carboxylic acid groups (broad SMARTS) is 1. The highest BCUT2D eigenvalue weighted by Gasteiger charge is 2.24. The van der Waals surface area contributed by atoms with Crippen LogP contribution in [-0.2, 0) is 27.9 Å². The molecular weight excluding hydrogens is 449 g/mol. The Morgan fingerprint density at radius 2 is 1.27 bits per heavy atom. The van der Waals surface area contributed by atoms with Crippen molar-refractivity contribution >= 4 is 19.8 Å². The van der Waals surface area contributed by atoms with Gasteiger partial charge in [-0.3, -0.25) is 18.6 Å². The second-order valence-electron chi connectivity index (χ2n) is 8.46. The molecule has 33 heavy (non-hydrogen) atoms. The monoisotopic (exact) mass is 495 g/mol. The van der Waals surface area contributed by atoms with Crippen LogP contribution in [0.2, 0.25) is 0 Å². The number of carbonyl (C=O) groups excluding carboxylic acids is 1. The highest BCUT2D eigenvalue weighted by Crippen LogP contribution is 2.43. The van der Waals surface area contributed by atoms with Gasteiger partial charge in [-0.2, -0.15) is 0 Å². The van der Waals surface area contributed by atoms with Gasteiger partial charge in [-0.25, -0.2) is 4.57 Å². The third-order valence-electron chi connectivity index (χ3n) is 5.28. The molecule has 0 saturated heterocycles. The van der Waals surface area contributed by atoms with E-state index in [-0.39, 0.29) is 25.6 Å². The minimum absolute atomic E-state index is 0.0755. The Balaban J connectivity index is 3.43. The molecule has 2 atom stereocenters. The van der Waals surface area contributed by atoms with Crippen LogP contribution in [0.25, 0.3) is 0 Å². The van der Waals surface area contributed by atoms with Crippen molar-refractivity contribution in [1.82, 2.24) is 0 Å². The predicted octanol–water partition coefficient (Wildman–Crippen LogP) is 5.34. The molecule has 0 bridgehead atoms. The van der Waals surface area contributed by atoms with E-state index >= 15 is 0 Å². The fraction of sp³-hybridized carbons (Fsp3) is 0.913. The van der Waals surface area contributed by atoms with Crippen LogP contribution >= 0.6 is 7.82 Å². The van der Waals surface area contributed by atoms with E-state index in [4.69, 9.17) is 15.6 Å². The largest absolute Gasteiger partial charge is 0.480 e. The molecule has 4 N–H and O–H groups in total. The summed E-state index contributed by atoms with van der Waals surface area (Å²) in [6, 6.07) is -1.41. The zero-order chi connectivity index (χ0) is 24.8. The maximum Gasteiger partial charge on any atom is 0.472 e. The van der Waals surface area contributed by atoms with Gasteiger partial charge in [0.2, 0.25) is 0 Å². The number of carboxylic acids is 1. The Bertz CT molecular complexity index is 547. The van der Waals surface area contributed by atoms with Crippen LogP contribution in [0.5, 0.6) is 0 Å². The fourth-order valence-electron chi connectivity index (χ4n) is 3.24. The SMILES string of the molecule is CCCCCCCCCCCCCCCCC(=O)OCCCOP(=O)(O)OC[C@@H](N)C(=O)O. The van der Waals surface area contributed by atoms with Crippen molar-refractivity contribution in [2.75, 3.05) is 19.8 Å². The van der Waals surface area contributed by atoms with Gasteiger partial charge in [0.05, 0.1) is 19.8 Å². The quantitative estimate of drug-likeness (QED) is 0.0917. The molecule has 0 amide bonds. The molecule has 0 aliphatic heterocycles. The van der Waals surface area contributed by atoms with Crippen LogP contribution in [0.1, 0.15) is 110 Å². The van der Waals surface area contributed by atoms with Gasteiger partial charge in [0.15, 0.2) is 0 Å². The van der Waals surface area contributed by atoms with E-state index < -0.39 is 26.4 Å². The van der Waals surface area contributed by atoms with Gasteiger partial charge in [0, 0.05) is 12.8 Å². The summed E-state index contributed by atoms with van der Waals surface area (Å²) in [5.74, 6) is -1.63. The number of rotatable bonds is 24. The van der Waals surface area contributed by atoms with E-state index in [0.29, 0.717) is 6.42 Å². The Labute approximate surface area is 199 Å². The molecule has 0 aromatic carbocycles. The van der Waals surface area contributed by atoms with Gasteiger partial charge < -0.3 is 20.5 Å². The molecule has 10 heteroatoms. The van der Waals surface area contributed by atoms with Crippen LogP contribution in [0.4, 0.5) is 0 Å². The van der Waals surface area contributed by atoms with E-state index in [9.17, 15) is 19.0 Å². The number of nitrogens with two attached hydrogens (primary N) is 1. The van der Waals surface area contributed by atoms with E-state index in [2.05, 4.69) is 16.0 Å². The second-order valence-corrected chi connectivity index (χ2v) is 9.92. The Morgan fingerprint density at radius 3 is 1.76 bits per heavy atom. The normalized spacial score (nSPS) is 14.0. The molecule has 0 heterocycles. The number of phosphoric ester groups is 1. The first-order valence-corrected chi connectivity index (χ1v) is 14.0. The summed E-state index contributed by atoms with van der Waals surface area (Å²) in [7, 11) is -4.38. The lowest BCUT2D eigenvalue weighted by Crippen LogP contribution is -2.34. The lowest BCUT2D eigenvalue weighted by Gasteiger charge is -2.13. The smallest absolute Gasteiger partial charge is 0.472 e. The van der Waals surface area contributed by atoms with Crippen LogP contribution in [0.3, 0.4) is 0 Å². The van der Waals surface area contributed by atoms with Crippen LogP contribution in [0, 0.1) is 0 Å². The van der Waals surface area contributed by atoms with Crippen molar-refractivity contribution in [3.05, 3.63) is 0 Å². The summed E-state index contributed by atoms with van der Waals surface area (Å²) in [5.41, 5.74) is 5.18. The summed E-state index contributed by atoms with van der Waals surface area (Å²) < 4.78 is 25.8. The number of phosphoric acid groups is 1. The van der Waals surface area contributed by atoms with E-state index in [1.54, 1.807) is 0 Å². The lowest BCUT2D eigenvalue weighted by molar-refractivity contribution is -0.144. The van der Waals surface area contributed by atoms with Crippen molar-refractivity contribution in [2.24, 2.45) is 5.73 Å². The van der Waals surface area contributed by atoms with Gasteiger partial charge in [0.25, 0.3) is 0 Å². The molecule has 1 unspecified atom stereocenters. The number of hydrogen-bond donors (Lipinski definition) is 3. The van der Waals surface area contributed by atoms with Gasteiger partial charge >= 0.3 is 19.8 Å². The molecule has 0 aliphatic carbocycles. The molecule has 196 valence electrons. The van der Waals surface area contributed by atoms with Crippen molar-refractivity contribution < 1.29 is 37.9 Å². The van der Waals surface area contributed by atoms with E-state index in [1.165, 1.54) is 70.6 Å². The highest BCUT2D eigenvalue weighted by atomic mass is 31.2. The first-order valence-electron chi connectivity index (χ1n) is 12.5. The second kappa shape index (κ2) is 21.5. The zero-order valence-corrected chi connectivity index (χ0v) is 21.3. The molecule has 0 aromatic rings. The molecular formula is C23H46NO8P. The molecule has 0 radical (unpaired) electrons. The molecule has 9 nitrogen and oxygen atoms in total. The molecule has 0 rings (SSSR count). The molecule has 0 spiro atoms. The number of ether oxygens (including phenoxy) is 1. The standard InChI is InChI=1S/C23H46NO8P/c1-2-3-4-5-6-7-8-9-10-11-12-13-14-15-17-22(25)30-18-16-19-31-33(28,29)32-20-21(24)23(26)27/h21H,2-20,24H2,1H3,(H,26,27)(H,28,29)/t21-/m1/s1. The third kappa shape index (κ3) is 22.6. The van der Waals surface area contributed by atoms with Crippen molar-refractivity contribution in [2.45, 2.75) is 116 Å². The number of hydrogen-bond acceptors (Lipinski definition) is 7. The van der Waals surface area contributed by atoms with Crippen molar-refractivity contribution in [3.63, 3.8) is 0 Å². The summed E-state index contributed by atoms with van der Waals surface area (Å²) in [6.07, 6.45) is 18.2. The number of aliphatic carboxylic acids is 1. The molecule has 0 saturated carbocycles. The first kappa shape index (κ1) is 32.0. The fourth-order valence-corrected chi connectivity index (χ4v) is 4.03. The lowest BCUT2D eigenvalue weighted by atomic mass is 10.0. The van der Waals surface area contributed by atoms with Gasteiger partial charge in [-0.05, 0) is 6.42 Å². The highest BCUT2D eigenvalue weighted by molar-refractivity contribution is 7.47. The maximum atomic E-state index is 11.7. The van der Waals surface area contributed by atoms with Gasteiger partial charge in [-0.1, -0.05) is 90.4 Å². The molecule has 0 fully saturated rings. The molecule has 0 aromatic heterocycles. The average Bonchev–Trinajstić information content (AvgIpc) is 2.77. The Kier molecular flexibility index (Phi) is 20.9. The van der Waals surface area contributed by atoms with Gasteiger partial charge in [0.1, 0.15) is 6.04 Å². The minimum Gasteiger partial charge on any atom is -0.480 e. The summed E-state index contributed by atoms with van der Waals surface area (Å²) in [5, 5.41) is 8.59. The van der Waals surface area contributed by atoms with E-state index in [1.807, 2.05) is 0 Å². The minimum atomic E-state index is -4.38. The summed E-state index contributed by atoms with van der Waals surface area (Å²) in [4.78, 5) is 31.6. The first-order chi connectivity index (χ1) is 15.8. The van der Waals surface area contributed by atoms with Crippen LogP contribution < -0.4 is 5.73 Å². The van der Waals surface area contributed by atoms with Gasteiger partial charge in [-0.15, -0.1) is 0 Å². The Morgan fingerprint density at radius 1 is 0.788 bits per heavy atom. The topological polar surface area (TPSA) is 145 Å². The average molecular weight is 496 g/mol. The third-order valence-corrected chi connectivity index (χ3v) is 6.26. The summed E-state index contributed by atoms with van der Waals surface area (Å²) in [6.45, 7) is 1.52. The van der Waals surface area contributed by atoms with Crippen LogP contribution in [-0.4, -0.2) is 47.8 Å². The summed E-state index contributed by atoms with van der Waals surface area (Å²) >= 11 is 0. The van der Waals surface area contributed by atoms with Crippen molar-refractivity contribution in [1.29, 1.82) is 0 Å². The molecule has 0 aliphatic rings. The Hall–Kier alpha value is -0.990. The number of unbranched alkanes of at least 4 members (excludes halogenated alkanes) is 13. The number of carbonyl (C=O) groups is 2.